The van der Waals surface area contributed by atoms with Gasteiger partial charge in [-0.1, -0.05) is 12.1 Å². The largest absolute Gasteiger partial charge is 0.508 e. The summed E-state index contributed by atoms with van der Waals surface area (Å²) in [4.78, 5) is 11.0. The molecule has 0 heterocycles. The van der Waals surface area contributed by atoms with E-state index in [-0.39, 0.29) is 11.7 Å². The van der Waals surface area contributed by atoms with Gasteiger partial charge < -0.3 is 9.84 Å². The summed E-state index contributed by atoms with van der Waals surface area (Å²) in [7, 11) is 1.32. The molecule has 0 bridgehead atoms. The van der Waals surface area contributed by atoms with Crippen molar-refractivity contribution in [2.24, 2.45) is 0 Å². The molecule has 1 rings (SSSR count). The molecule has 0 saturated carbocycles. The summed E-state index contributed by atoms with van der Waals surface area (Å²) < 4.78 is 4.53. The average Bonchev–Trinajstić information content (AvgIpc) is 2.17. The van der Waals surface area contributed by atoms with Crippen molar-refractivity contribution in [2.45, 2.75) is 5.92 Å². The first-order valence-corrected chi connectivity index (χ1v) is 3.85. The number of carbonyl (C=O) groups is 1. The van der Waals surface area contributed by atoms with Gasteiger partial charge in [0.15, 0.2) is 0 Å². The standard InChI is InChI=1S/C10H11O3/c1-7(10(12)13-2)8-3-5-9(11)6-4-8/h3-7,11H,1H2,2H3/t7-/m0/s1. The second-order valence-electron chi connectivity index (χ2n) is 2.67. The van der Waals surface area contributed by atoms with Crippen LogP contribution in [0.15, 0.2) is 24.3 Å². The molecule has 3 heteroatoms. The molecule has 1 aromatic carbocycles. The molecule has 69 valence electrons. The van der Waals surface area contributed by atoms with Gasteiger partial charge in [0, 0.05) is 0 Å². The smallest absolute Gasteiger partial charge is 0.313 e. The fraction of sp³-hybridized carbons (Fsp3) is 0.200. The fourth-order valence-corrected chi connectivity index (χ4v) is 0.985. The van der Waals surface area contributed by atoms with Gasteiger partial charge in [-0.25, -0.2) is 0 Å². The number of hydrogen-bond acceptors (Lipinski definition) is 3. The van der Waals surface area contributed by atoms with Gasteiger partial charge in [0.25, 0.3) is 0 Å². The van der Waals surface area contributed by atoms with E-state index in [1.807, 2.05) is 0 Å². The molecule has 0 aromatic heterocycles. The Morgan fingerprint density at radius 1 is 1.46 bits per heavy atom. The Hall–Kier alpha value is -1.51. The van der Waals surface area contributed by atoms with E-state index in [0.29, 0.717) is 0 Å². The Labute approximate surface area is 77.0 Å². The van der Waals surface area contributed by atoms with E-state index in [1.165, 1.54) is 19.2 Å². The van der Waals surface area contributed by atoms with Crippen LogP contribution in [0.1, 0.15) is 11.5 Å². The highest BCUT2D eigenvalue weighted by molar-refractivity contribution is 5.78. The Morgan fingerprint density at radius 2 is 2.00 bits per heavy atom. The number of benzene rings is 1. The lowest BCUT2D eigenvalue weighted by atomic mass is 10.0. The number of aromatic hydroxyl groups is 1. The maximum absolute atomic E-state index is 11.0. The SMILES string of the molecule is [CH2][C@H](C(=O)OC)c1ccc(O)cc1. The average molecular weight is 179 g/mol. The lowest BCUT2D eigenvalue weighted by Crippen LogP contribution is -2.10. The van der Waals surface area contributed by atoms with E-state index in [1.54, 1.807) is 12.1 Å². The molecule has 0 amide bonds. The lowest BCUT2D eigenvalue weighted by Gasteiger charge is -2.08. The van der Waals surface area contributed by atoms with Gasteiger partial charge in [-0.05, 0) is 24.6 Å². The van der Waals surface area contributed by atoms with Crippen molar-refractivity contribution in [1.82, 2.24) is 0 Å². The van der Waals surface area contributed by atoms with Gasteiger partial charge in [0.2, 0.25) is 0 Å². The quantitative estimate of drug-likeness (QED) is 0.699. The predicted molar refractivity (Wildman–Crippen MR) is 48.2 cm³/mol. The Bertz CT molecular complexity index is 290. The molecular formula is C10H11O3. The Morgan fingerprint density at radius 3 is 2.46 bits per heavy atom. The zero-order valence-corrected chi connectivity index (χ0v) is 7.36. The number of ether oxygens (including phenoxy) is 1. The van der Waals surface area contributed by atoms with Crippen LogP contribution in [0.3, 0.4) is 0 Å². The van der Waals surface area contributed by atoms with E-state index < -0.39 is 5.92 Å². The summed E-state index contributed by atoms with van der Waals surface area (Å²) in [5, 5.41) is 9.00. The molecule has 13 heavy (non-hydrogen) atoms. The molecule has 0 fully saturated rings. The summed E-state index contributed by atoms with van der Waals surface area (Å²) in [5.74, 6) is -0.753. The molecule has 0 aliphatic heterocycles. The van der Waals surface area contributed by atoms with Gasteiger partial charge in [-0.3, -0.25) is 4.79 Å². The Balaban J connectivity index is 2.83. The number of rotatable bonds is 2. The van der Waals surface area contributed by atoms with E-state index in [2.05, 4.69) is 11.7 Å². The van der Waals surface area contributed by atoms with Gasteiger partial charge in [-0.2, -0.15) is 0 Å². The number of phenolic OH excluding ortho intramolecular Hbond substituents is 1. The molecule has 0 spiro atoms. The zero-order valence-electron chi connectivity index (χ0n) is 7.36. The minimum Gasteiger partial charge on any atom is -0.508 e. The molecule has 1 atom stereocenters. The topological polar surface area (TPSA) is 46.5 Å². The van der Waals surface area contributed by atoms with Crippen molar-refractivity contribution in [3.63, 3.8) is 0 Å². The van der Waals surface area contributed by atoms with Gasteiger partial charge in [-0.15, -0.1) is 0 Å². The molecule has 0 aliphatic carbocycles. The maximum Gasteiger partial charge on any atom is 0.313 e. The summed E-state index contributed by atoms with van der Waals surface area (Å²) >= 11 is 0. The lowest BCUT2D eigenvalue weighted by molar-refractivity contribution is -0.141. The van der Waals surface area contributed by atoms with E-state index in [0.717, 1.165) is 5.56 Å². The molecule has 0 saturated heterocycles. The van der Waals surface area contributed by atoms with Crippen molar-refractivity contribution in [3.8, 4) is 5.75 Å². The number of carbonyl (C=O) groups excluding carboxylic acids is 1. The number of phenols is 1. The summed E-state index contributed by atoms with van der Waals surface area (Å²) in [6.07, 6.45) is 0. The third-order valence-corrected chi connectivity index (χ3v) is 1.78. The minimum atomic E-state index is -0.536. The molecule has 1 N–H and O–H groups in total. The summed E-state index contributed by atoms with van der Waals surface area (Å²) in [6, 6.07) is 6.31. The second kappa shape index (κ2) is 3.94. The van der Waals surface area contributed by atoms with Crippen molar-refractivity contribution < 1.29 is 14.6 Å². The van der Waals surface area contributed by atoms with Crippen molar-refractivity contribution in [1.29, 1.82) is 0 Å². The predicted octanol–water partition coefficient (Wildman–Crippen LogP) is 1.48. The van der Waals surface area contributed by atoms with Gasteiger partial charge in [0.05, 0.1) is 13.0 Å². The third-order valence-electron chi connectivity index (χ3n) is 1.78. The Kier molecular flexibility index (Phi) is 2.90. The number of methoxy groups -OCH3 is 1. The molecular weight excluding hydrogens is 168 g/mol. The van der Waals surface area contributed by atoms with Crippen molar-refractivity contribution in [3.05, 3.63) is 36.8 Å². The minimum absolute atomic E-state index is 0.167. The molecule has 0 aliphatic rings. The van der Waals surface area contributed by atoms with Crippen LogP contribution in [0.5, 0.6) is 5.75 Å². The maximum atomic E-state index is 11.0. The van der Waals surface area contributed by atoms with Crippen LogP contribution in [-0.2, 0) is 9.53 Å². The van der Waals surface area contributed by atoms with Crippen LogP contribution in [0.25, 0.3) is 0 Å². The molecule has 1 aromatic rings. The van der Waals surface area contributed by atoms with E-state index in [9.17, 15) is 4.79 Å². The highest BCUT2D eigenvalue weighted by Gasteiger charge is 2.14. The number of esters is 1. The third kappa shape index (κ3) is 2.21. The van der Waals surface area contributed by atoms with Crippen LogP contribution >= 0.6 is 0 Å². The zero-order chi connectivity index (χ0) is 9.84. The molecule has 1 radical (unpaired) electrons. The van der Waals surface area contributed by atoms with E-state index >= 15 is 0 Å². The van der Waals surface area contributed by atoms with Crippen LogP contribution in [0.2, 0.25) is 0 Å². The molecule has 0 unspecified atom stereocenters. The highest BCUT2D eigenvalue weighted by Crippen LogP contribution is 2.18. The van der Waals surface area contributed by atoms with Gasteiger partial charge in [0.1, 0.15) is 5.75 Å². The van der Waals surface area contributed by atoms with Crippen molar-refractivity contribution in [2.75, 3.05) is 7.11 Å². The summed E-state index contributed by atoms with van der Waals surface area (Å²) in [5.41, 5.74) is 0.727. The fourth-order valence-electron chi connectivity index (χ4n) is 0.985. The first-order chi connectivity index (χ1) is 6.15. The van der Waals surface area contributed by atoms with Gasteiger partial charge >= 0.3 is 5.97 Å². The van der Waals surface area contributed by atoms with Crippen molar-refractivity contribution >= 4 is 5.97 Å². The number of hydrogen-bond donors (Lipinski definition) is 1. The first-order valence-electron chi connectivity index (χ1n) is 3.85. The highest BCUT2D eigenvalue weighted by atomic mass is 16.5. The normalized spacial score (nSPS) is 12.2. The van der Waals surface area contributed by atoms with E-state index in [4.69, 9.17) is 5.11 Å². The monoisotopic (exact) mass is 179 g/mol. The van der Waals surface area contributed by atoms with Crippen LogP contribution < -0.4 is 0 Å². The molecule has 3 nitrogen and oxygen atoms in total. The van der Waals surface area contributed by atoms with Crippen LogP contribution in [0.4, 0.5) is 0 Å². The summed E-state index contributed by atoms with van der Waals surface area (Å²) in [6.45, 7) is 3.65. The van der Waals surface area contributed by atoms with Crippen LogP contribution in [-0.4, -0.2) is 18.2 Å². The second-order valence-corrected chi connectivity index (χ2v) is 2.67. The van der Waals surface area contributed by atoms with Crippen LogP contribution in [0, 0.1) is 6.92 Å². The first kappa shape index (κ1) is 9.58.